The molecule has 6 aromatic carbocycles. The molecule has 0 amide bonds. The van der Waals surface area contributed by atoms with Crippen molar-refractivity contribution in [1.29, 1.82) is 0 Å². The number of nitrogens with zero attached hydrogens (tertiary/aromatic N) is 5. The molecule has 3 unspecified atom stereocenters. The molecule has 1 aliphatic carbocycles. The molecule has 14 rings (SSSR count). The minimum absolute atomic E-state index is 0.0735. The van der Waals surface area contributed by atoms with Gasteiger partial charge in [0.15, 0.2) is 12.1 Å². The van der Waals surface area contributed by atoms with Gasteiger partial charge in [-0.1, -0.05) is 88.4 Å². The molecule has 5 nitrogen and oxygen atoms in total. The maximum Gasteiger partial charge on any atom is 0.252 e. The fraction of sp³-hybridized carbons (Fsp3) is 0.289. The normalized spacial score (nSPS) is 23.3. The molecular weight excluding hydrogens is 621 g/mol. The third-order valence-corrected chi connectivity index (χ3v) is 14.2. The van der Waals surface area contributed by atoms with Crippen LogP contribution in [0.1, 0.15) is 92.8 Å². The van der Waals surface area contributed by atoms with E-state index in [4.69, 9.17) is 9.97 Å². The number of hydrogen-bond donors (Lipinski definition) is 0. The van der Waals surface area contributed by atoms with Gasteiger partial charge in [0.25, 0.3) is 6.71 Å². The van der Waals surface area contributed by atoms with Gasteiger partial charge < -0.3 is 0 Å². The van der Waals surface area contributed by atoms with Crippen molar-refractivity contribution >= 4 is 83.6 Å². The van der Waals surface area contributed by atoms with Crippen LogP contribution in [0.15, 0.2) is 67.3 Å². The Bertz CT molecular complexity index is 3020. The molecule has 1 saturated carbocycles. The molecule has 7 heterocycles. The van der Waals surface area contributed by atoms with E-state index < -0.39 is 0 Å². The highest BCUT2D eigenvalue weighted by Crippen LogP contribution is 2.72. The average Bonchev–Trinajstić information content (AvgIpc) is 4.09. The minimum Gasteiger partial charge on any atom is -0.299 e. The van der Waals surface area contributed by atoms with Gasteiger partial charge in [-0.15, -0.1) is 0 Å². The highest BCUT2D eigenvalue weighted by molar-refractivity contribution is 7.00. The van der Waals surface area contributed by atoms with E-state index in [0.717, 1.165) is 6.42 Å². The largest absolute Gasteiger partial charge is 0.299 e. The van der Waals surface area contributed by atoms with Gasteiger partial charge in [-0.25, -0.2) is 9.97 Å². The molecule has 0 bridgehead atoms. The Labute approximate surface area is 296 Å². The van der Waals surface area contributed by atoms with Crippen LogP contribution in [-0.4, -0.2) is 43.4 Å². The van der Waals surface area contributed by atoms with Crippen LogP contribution in [0.5, 0.6) is 0 Å². The maximum atomic E-state index is 5.37. The Morgan fingerprint density at radius 1 is 0.804 bits per heavy atom. The Morgan fingerprint density at radius 2 is 1.45 bits per heavy atom. The lowest BCUT2D eigenvalue weighted by Gasteiger charge is -2.35. The van der Waals surface area contributed by atoms with Crippen molar-refractivity contribution < 1.29 is 4.48 Å². The maximum absolute atomic E-state index is 5.37. The van der Waals surface area contributed by atoms with Gasteiger partial charge >= 0.3 is 0 Å². The summed E-state index contributed by atoms with van der Waals surface area (Å²) in [4.78, 5) is 10.7. The summed E-state index contributed by atoms with van der Waals surface area (Å²) in [5, 5.41) is 8.07. The van der Waals surface area contributed by atoms with Crippen molar-refractivity contribution in [1.82, 2.24) is 19.1 Å². The summed E-state index contributed by atoms with van der Waals surface area (Å²) in [5.41, 5.74) is 19.5. The fourth-order valence-electron chi connectivity index (χ4n) is 11.6. The van der Waals surface area contributed by atoms with E-state index in [9.17, 15) is 0 Å². The van der Waals surface area contributed by atoms with Crippen LogP contribution in [-0.2, 0) is 5.41 Å². The second-order valence-electron chi connectivity index (χ2n) is 17.8. The van der Waals surface area contributed by atoms with Gasteiger partial charge in [-0.05, 0) is 74.3 Å². The van der Waals surface area contributed by atoms with Crippen molar-refractivity contribution in [3.05, 3.63) is 95.1 Å². The molecule has 1 spiro atoms. The molecule has 3 atom stereocenters. The highest BCUT2D eigenvalue weighted by atomic mass is 15.7. The average molecular weight is 659 g/mol. The van der Waals surface area contributed by atoms with E-state index in [1.165, 1.54) is 129 Å². The number of allylic oxidation sites excluding steroid dienone is 1. The van der Waals surface area contributed by atoms with Gasteiger partial charge in [0.2, 0.25) is 0 Å². The standard InChI is InChI=1S/C45H37BN5/c1-5-6-7-26-29(22-8-9-22)16-31-43-39(26)47-20-49(43)41-27-12-10-23-14-25(45(2,3)4)15-24-11-13-28(36(27)35(23)24)42-38(41)46(31)32-17-30-33-18-51(33)19-34(51)37(30)40-44(32)50(42)21-48-40/h6-7,10-17,20-22,33-34H,5,8-9,18-19H2,1-4H3/q+1/b7-6+. The zero-order chi connectivity index (χ0) is 33.4. The zero-order valence-corrected chi connectivity index (χ0v) is 29.5. The van der Waals surface area contributed by atoms with Crippen LogP contribution < -0.4 is 16.4 Å². The molecule has 2 saturated heterocycles. The number of quaternary nitrogens is 1. The molecule has 5 aliphatic heterocycles. The first-order valence-corrected chi connectivity index (χ1v) is 19.3. The molecular formula is C45H37BN5+. The van der Waals surface area contributed by atoms with Crippen molar-refractivity contribution in [2.24, 2.45) is 0 Å². The van der Waals surface area contributed by atoms with Crippen LogP contribution in [0, 0.1) is 0 Å². The summed E-state index contributed by atoms with van der Waals surface area (Å²) in [6, 6.07) is 21.1. The van der Waals surface area contributed by atoms with Crippen molar-refractivity contribution in [3.8, 4) is 11.4 Å². The molecule has 51 heavy (non-hydrogen) atoms. The van der Waals surface area contributed by atoms with Gasteiger partial charge in [0, 0.05) is 27.3 Å². The first-order chi connectivity index (χ1) is 24.9. The lowest BCUT2D eigenvalue weighted by Crippen LogP contribution is -2.59. The molecule has 8 aromatic rings. The van der Waals surface area contributed by atoms with Gasteiger partial charge in [0.05, 0.1) is 39.0 Å². The zero-order valence-electron chi connectivity index (χ0n) is 29.5. The Morgan fingerprint density at radius 3 is 2.12 bits per heavy atom. The summed E-state index contributed by atoms with van der Waals surface area (Å²) >= 11 is 0. The fourth-order valence-corrected chi connectivity index (χ4v) is 11.6. The summed E-state index contributed by atoms with van der Waals surface area (Å²) in [6.07, 6.45) is 12.6. The summed E-state index contributed by atoms with van der Waals surface area (Å²) in [6.45, 7) is 12.0. The van der Waals surface area contributed by atoms with E-state index in [1.54, 1.807) is 11.1 Å². The summed E-state index contributed by atoms with van der Waals surface area (Å²) in [5.74, 6) is 0.626. The van der Waals surface area contributed by atoms with Crippen molar-refractivity contribution in [3.63, 3.8) is 0 Å². The third kappa shape index (κ3) is 2.89. The number of imidazole rings is 2. The Balaban J connectivity index is 1.20. The number of rotatable bonds is 3. The lowest BCUT2D eigenvalue weighted by atomic mass is 9.33. The number of benzene rings is 6. The quantitative estimate of drug-likeness (QED) is 0.0837. The monoisotopic (exact) mass is 658 g/mol. The topological polar surface area (TPSA) is 35.6 Å². The predicted molar refractivity (Wildman–Crippen MR) is 210 cm³/mol. The Hall–Kier alpha value is -4.94. The highest BCUT2D eigenvalue weighted by Gasteiger charge is 2.80. The molecule has 6 heteroatoms. The lowest BCUT2D eigenvalue weighted by molar-refractivity contribution is -0.684. The minimum atomic E-state index is 0.0735. The summed E-state index contributed by atoms with van der Waals surface area (Å²) in [7, 11) is 0. The molecule has 0 N–H and O–H groups in total. The summed E-state index contributed by atoms with van der Waals surface area (Å²) < 4.78 is 6.30. The van der Waals surface area contributed by atoms with Crippen molar-refractivity contribution in [2.75, 3.05) is 13.1 Å². The molecule has 0 radical (unpaired) electrons. The smallest absolute Gasteiger partial charge is 0.252 e. The van der Waals surface area contributed by atoms with Crippen LogP contribution in [0.2, 0.25) is 0 Å². The number of fused-ring (bicyclic) bond motifs is 10. The van der Waals surface area contributed by atoms with Gasteiger partial charge in [-0.2, -0.15) is 0 Å². The van der Waals surface area contributed by atoms with E-state index in [0.29, 0.717) is 18.0 Å². The van der Waals surface area contributed by atoms with Gasteiger partial charge in [-0.3, -0.25) is 13.6 Å². The van der Waals surface area contributed by atoms with Crippen LogP contribution in [0.3, 0.4) is 0 Å². The van der Waals surface area contributed by atoms with E-state index in [-0.39, 0.29) is 12.1 Å². The van der Waals surface area contributed by atoms with E-state index in [2.05, 4.69) is 110 Å². The Kier molecular flexibility index (Phi) is 4.25. The second kappa shape index (κ2) is 8.08. The first kappa shape index (κ1) is 26.8. The molecule has 244 valence electrons. The second-order valence-corrected chi connectivity index (χ2v) is 17.8. The first-order valence-electron chi connectivity index (χ1n) is 19.3. The molecule has 3 fully saturated rings. The molecule has 2 aromatic heterocycles. The van der Waals surface area contributed by atoms with E-state index in [1.807, 2.05) is 0 Å². The van der Waals surface area contributed by atoms with Crippen LogP contribution in [0.4, 0.5) is 0 Å². The van der Waals surface area contributed by atoms with Crippen molar-refractivity contribution in [2.45, 2.75) is 70.4 Å². The van der Waals surface area contributed by atoms with Crippen LogP contribution >= 0.6 is 0 Å². The SMILES string of the molecule is CC/C=C/c1c(C2CC2)cc2c3c1ncn3-c1c3c(c4ccc5cc(C(C)(C)C)cc6ccc1c4c65)-n1cnc4c5c(cc(c41)B32)C1C[N+]12CC52. The van der Waals surface area contributed by atoms with E-state index >= 15 is 0 Å². The molecule has 6 aliphatic rings. The number of hydrogen-bond acceptors (Lipinski definition) is 2. The van der Waals surface area contributed by atoms with Crippen LogP contribution in [0.25, 0.3) is 71.8 Å². The number of aromatic nitrogens is 4. The predicted octanol–water partition coefficient (Wildman–Crippen LogP) is 7.94. The third-order valence-electron chi connectivity index (χ3n) is 14.2. The van der Waals surface area contributed by atoms with Gasteiger partial charge in [0.1, 0.15) is 25.7 Å².